The molecule has 1 aliphatic rings. The van der Waals surface area contributed by atoms with Crippen LogP contribution in [0.1, 0.15) is 23.6 Å². The summed E-state index contributed by atoms with van der Waals surface area (Å²) >= 11 is 0. The fourth-order valence-corrected chi connectivity index (χ4v) is 3.13. The second-order valence-electron chi connectivity index (χ2n) is 6.12. The van der Waals surface area contributed by atoms with Gasteiger partial charge in [-0.25, -0.2) is 0 Å². The standard InChI is InChI=1S/C19H22N2O/c1-13-8-9-14(2)17(10-13)20-12-19(22)21-15(3)11-16-6-4-5-7-18(16)21/h4-10,15,20H,11-12H2,1-3H3/t15-/m0/s1. The first-order valence-electron chi connectivity index (χ1n) is 7.77. The third kappa shape index (κ3) is 2.71. The molecule has 22 heavy (non-hydrogen) atoms. The minimum atomic E-state index is 0.123. The monoisotopic (exact) mass is 294 g/mol. The van der Waals surface area contributed by atoms with E-state index in [0.717, 1.165) is 23.4 Å². The van der Waals surface area contributed by atoms with Gasteiger partial charge in [0.15, 0.2) is 0 Å². The van der Waals surface area contributed by atoms with Crippen molar-refractivity contribution in [2.45, 2.75) is 33.2 Å². The van der Waals surface area contributed by atoms with Crippen molar-refractivity contribution in [2.75, 3.05) is 16.8 Å². The molecule has 1 N–H and O–H groups in total. The first kappa shape index (κ1) is 14.6. The van der Waals surface area contributed by atoms with Crippen LogP contribution >= 0.6 is 0 Å². The fourth-order valence-electron chi connectivity index (χ4n) is 3.13. The van der Waals surface area contributed by atoms with Crippen LogP contribution in [0.5, 0.6) is 0 Å². The number of anilines is 2. The topological polar surface area (TPSA) is 32.3 Å². The largest absolute Gasteiger partial charge is 0.376 e. The van der Waals surface area contributed by atoms with E-state index in [2.05, 4.69) is 50.4 Å². The normalized spacial score (nSPS) is 16.5. The third-order valence-corrected chi connectivity index (χ3v) is 4.30. The highest BCUT2D eigenvalue weighted by Gasteiger charge is 2.30. The van der Waals surface area contributed by atoms with E-state index in [-0.39, 0.29) is 11.9 Å². The number of hydrogen-bond acceptors (Lipinski definition) is 2. The number of nitrogens with zero attached hydrogens (tertiary/aromatic N) is 1. The minimum Gasteiger partial charge on any atom is -0.376 e. The molecule has 0 saturated heterocycles. The van der Waals surface area contributed by atoms with Crippen molar-refractivity contribution in [3.8, 4) is 0 Å². The quantitative estimate of drug-likeness (QED) is 0.936. The predicted molar refractivity (Wildman–Crippen MR) is 91.5 cm³/mol. The molecule has 0 aliphatic carbocycles. The van der Waals surface area contributed by atoms with E-state index in [9.17, 15) is 4.79 Å². The van der Waals surface area contributed by atoms with Crippen LogP contribution in [0.15, 0.2) is 42.5 Å². The van der Waals surface area contributed by atoms with Gasteiger partial charge in [-0.05, 0) is 56.0 Å². The van der Waals surface area contributed by atoms with Crippen molar-refractivity contribution in [3.05, 3.63) is 59.2 Å². The number of rotatable bonds is 3. The number of para-hydroxylation sites is 1. The maximum atomic E-state index is 12.7. The van der Waals surface area contributed by atoms with Gasteiger partial charge in [-0.2, -0.15) is 0 Å². The van der Waals surface area contributed by atoms with Gasteiger partial charge in [0, 0.05) is 17.4 Å². The van der Waals surface area contributed by atoms with Crippen LogP contribution in [-0.2, 0) is 11.2 Å². The molecule has 0 spiro atoms. The second kappa shape index (κ2) is 5.84. The Hall–Kier alpha value is -2.29. The van der Waals surface area contributed by atoms with Crippen LogP contribution in [0.25, 0.3) is 0 Å². The Bertz CT molecular complexity index is 708. The van der Waals surface area contributed by atoms with Crippen molar-refractivity contribution in [1.29, 1.82) is 0 Å². The molecular weight excluding hydrogens is 272 g/mol. The number of carbonyl (C=O) groups excluding carboxylic acids is 1. The van der Waals surface area contributed by atoms with Crippen molar-refractivity contribution in [1.82, 2.24) is 0 Å². The van der Waals surface area contributed by atoms with Gasteiger partial charge in [-0.15, -0.1) is 0 Å². The molecule has 0 fully saturated rings. The van der Waals surface area contributed by atoms with Gasteiger partial charge < -0.3 is 10.2 Å². The average Bonchev–Trinajstić information content (AvgIpc) is 2.83. The molecule has 0 unspecified atom stereocenters. The molecule has 3 nitrogen and oxygen atoms in total. The summed E-state index contributed by atoms with van der Waals surface area (Å²) < 4.78 is 0. The van der Waals surface area contributed by atoms with Gasteiger partial charge in [0.2, 0.25) is 5.91 Å². The van der Waals surface area contributed by atoms with E-state index in [1.165, 1.54) is 11.1 Å². The molecule has 3 rings (SSSR count). The SMILES string of the molecule is Cc1ccc(C)c(NCC(=O)N2c3ccccc3C[C@@H]2C)c1. The Morgan fingerprint density at radius 2 is 2.00 bits per heavy atom. The predicted octanol–water partition coefficient (Wildman–Crippen LogP) is 3.69. The Labute approximate surface area is 132 Å². The highest BCUT2D eigenvalue weighted by atomic mass is 16.2. The Balaban J connectivity index is 1.74. The fraction of sp³-hybridized carbons (Fsp3) is 0.316. The molecule has 1 aliphatic heterocycles. The van der Waals surface area contributed by atoms with Gasteiger partial charge in [-0.3, -0.25) is 4.79 Å². The summed E-state index contributed by atoms with van der Waals surface area (Å²) in [4.78, 5) is 14.6. The lowest BCUT2D eigenvalue weighted by atomic mass is 10.1. The molecule has 1 amide bonds. The van der Waals surface area contributed by atoms with Gasteiger partial charge in [0.05, 0.1) is 6.54 Å². The molecule has 0 aromatic heterocycles. The summed E-state index contributed by atoms with van der Waals surface area (Å²) in [5.74, 6) is 0.123. The van der Waals surface area contributed by atoms with Crippen LogP contribution in [0.2, 0.25) is 0 Å². The summed E-state index contributed by atoms with van der Waals surface area (Å²) in [7, 11) is 0. The molecule has 3 heteroatoms. The molecule has 0 radical (unpaired) electrons. The average molecular weight is 294 g/mol. The highest BCUT2D eigenvalue weighted by Crippen LogP contribution is 2.31. The summed E-state index contributed by atoms with van der Waals surface area (Å²) in [6.45, 7) is 6.55. The van der Waals surface area contributed by atoms with E-state index in [1.807, 2.05) is 23.1 Å². The molecule has 1 atom stereocenters. The Morgan fingerprint density at radius 3 is 2.82 bits per heavy atom. The van der Waals surface area contributed by atoms with Crippen LogP contribution in [0, 0.1) is 13.8 Å². The van der Waals surface area contributed by atoms with Crippen LogP contribution < -0.4 is 10.2 Å². The van der Waals surface area contributed by atoms with E-state index >= 15 is 0 Å². The van der Waals surface area contributed by atoms with Crippen molar-refractivity contribution in [2.24, 2.45) is 0 Å². The Kier molecular flexibility index (Phi) is 3.88. The molecule has 1 heterocycles. The van der Waals surface area contributed by atoms with Crippen molar-refractivity contribution < 1.29 is 4.79 Å². The summed E-state index contributed by atoms with van der Waals surface area (Å²) in [5, 5.41) is 3.29. The lowest BCUT2D eigenvalue weighted by Gasteiger charge is -2.23. The Morgan fingerprint density at radius 1 is 1.23 bits per heavy atom. The lowest BCUT2D eigenvalue weighted by molar-refractivity contribution is -0.117. The highest BCUT2D eigenvalue weighted by molar-refractivity contribution is 5.98. The van der Waals surface area contributed by atoms with E-state index < -0.39 is 0 Å². The van der Waals surface area contributed by atoms with Crippen LogP contribution in [0.4, 0.5) is 11.4 Å². The van der Waals surface area contributed by atoms with Crippen LogP contribution in [0.3, 0.4) is 0 Å². The molecule has 0 bridgehead atoms. The summed E-state index contributed by atoms with van der Waals surface area (Å²) in [5.41, 5.74) is 5.71. The van der Waals surface area contributed by atoms with E-state index in [4.69, 9.17) is 0 Å². The molecule has 114 valence electrons. The van der Waals surface area contributed by atoms with E-state index in [0.29, 0.717) is 6.54 Å². The zero-order valence-corrected chi connectivity index (χ0v) is 13.4. The number of fused-ring (bicyclic) bond motifs is 1. The van der Waals surface area contributed by atoms with Crippen molar-refractivity contribution >= 4 is 17.3 Å². The maximum absolute atomic E-state index is 12.7. The van der Waals surface area contributed by atoms with Gasteiger partial charge in [-0.1, -0.05) is 30.3 Å². The number of carbonyl (C=O) groups is 1. The van der Waals surface area contributed by atoms with Crippen molar-refractivity contribution in [3.63, 3.8) is 0 Å². The first-order valence-corrected chi connectivity index (χ1v) is 7.77. The molecule has 2 aromatic rings. The molecule has 2 aromatic carbocycles. The molecular formula is C19H22N2O. The summed E-state index contributed by atoms with van der Waals surface area (Å²) in [6.07, 6.45) is 0.936. The number of amides is 1. The van der Waals surface area contributed by atoms with Gasteiger partial charge in [0.1, 0.15) is 0 Å². The maximum Gasteiger partial charge on any atom is 0.246 e. The lowest BCUT2D eigenvalue weighted by Crippen LogP contribution is -2.39. The zero-order valence-electron chi connectivity index (χ0n) is 13.4. The number of nitrogens with one attached hydrogen (secondary N) is 1. The summed E-state index contributed by atoms with van der Waals surface area (Å²) in [6, 6.07) is 14.7. The number of aryl methyl sites for hydroxylation is 2. The van der Waals surface area contributed by atoms with E-state index in [1.54, 1.807) is 0 Å². The number of benzene rings is 2. The first-order chi connectivity index (χ1) is 10.6. The molecule has 0 saturated carbocycles. The third-order valence-electron chi connectivity index (χ3n) is 4.30. The minimum absolute atomic E-state index is 0.123. The second-order valence-corrected chi connectivity index (χ2v) is 6.12. The number of hydrogen-bond donors (Lipinski definition) is 1. The van der Waals surface area contributed by atoms with Gasteiger partial charge >= 0.3 is 0 Å². The zero-order chi connectivity index (χ0) is 15.7. The van der Waals surface area contributed by atoms with Crippen LogP contribution in [-0.4, -0.2) is 18.5 Å². The van der Waals surface area contributed by atoms with Gasteiger partial charge in [0.25, 0.3) is 0 Å². The smallest absolute Gasteiger partial charge is 0.246 e.